The quantitative estimate of drug-likeness (QED) is 0.552. The summed E-state index contributed by atoms with van der Waals surface area (Å²) < 4.78 is 2.38. The first-order chi connectivity index (χ1) is 14.6. The number of aromatic nitrogens is 2. The molecule has 0 spiro atoms. The maximum Gasteiger partial charge on any atom is 0.160 e. The van der Waals surface area contributed by atoms with E-state index >= 15 is 0 Å². The molecule has 2 aromatic heterocycles. The number of hydrogen-bond acceptors (Lipinski definition) is 4. The molecule has 3 atom stereocenters. The van der Waals surface area contributed by atoms with Crippen molar-refractivity contribution in [2.24, 2.45) is 4.99 Å². The number of amidine groups is 1. The molecule has 5 heteroatoms. The van der Waals surface area contributed by atoms with E-state index in [1.54, 1.807) is 0 Å². The Labute approximate surface area is 183 Å². The molecule has 0 aliphatic carbocycles. The average molecular weight is 417 g/mol. The van der Waals surface area contributed by atoms with Crippen LogP contribution in [-0.2, 0) is 6.42 Å². The van der Waals surface area contributed by atoms with Crippen LogP contribution in [-0.4, -0.2) is 31.4 Å². The summed E-state index contributed by atoms with van der Waals surface area (Å²) in [7, 11) is 0. The normalized spacial score (nSPS) is 23.0. The lowest BCUT2D eigenvalue weighted by Gasteiger charge is -2.27. The maximum atomic E-state index is 5.14. The molecule has 0 unspecified atom stereocenters. The van der Waals surface area contributed by atoms with Gasteiger partial charge in [-0.2, -0.15) is 0 Å². The van der Waals surface area contributed by atoms with Crippen LogP contribution in [0.5, 0.6) is 0 Å². The number of aliphatic imine (C=N–C) groups is 1. The fourth-order valence-corrected chi connectivity index (χ4v) is 5.91. The molecule has 0 bridgehead atoms. The van der Waals surface area contributed by atoms with E-state index in [1.165, 1.54) is 33.4 Å². The van der Waals surface area contributed by atoms with Gasteiger partial charge < -0.3 is 9.47 Å². The smallest absolute Gasteiger partial charge is 0.160 e. The van der Waals surface area contributed by atoms with E-state index in [2.05, 4.69) is 84.6 Å². The Hall–Kier alpha value is -2.53. The van der Waals surface area contributed by atoms with Gasteiger partial charge in [-0.25, -0.2) is 0 Å². The highest BCUT2D eigenvalue weighted by Crippen LogP contribution is 2.48. The monoisotopic (exact) mass is 416 g/mol. The predicted molar refractivity (Wildman–Crippen MR) is 126 cm³/mol. The number of benzene rings is 1. The first-order valence-electron chi connectivity index (χ1n) is 10.8. The van der Waals surface area contributed by atoms with Gasteiger partial charge in [-0.1, -0.05) is 43.8 Å². The topological polar surface area (TPSA) is 33.4 Å². The first kappa shape index (κ1) is 19.4. The summed E-state index contributed by atoms with van der Waals surface area (Å²) >= 11 is 1.89. The highest BCUT2D eigenvalue weighted by atomic mass is 32.2. The number of hydrogen-bond donors (Lipinski definition) is 0. The van der Waals surface area contributed by atoms with Crippen LogP contribution in [0.2, 0.25) is 0 Å². The summed E-state index contributed by atoms with van der Waals surface area (Å²) in [6.07, 6.45) is 2.94. The summed E-state index contributed by atoms with van der Waals surface area (Å²) in [5.41, 5.74) is 7.56. The standard InChI is InChI=1S/C25H28N4S/c1-5-19-9-11-20(12-10-19)29-16(2)14-21(18(29)4)24-23(22-8-6-7-13-26-22)27-25-28(24)15-17(3)30-25/h6-14,17,23-24H,5,15H2,1-4H3/t17-,23+,24+/m0/s1. The summed E-state index contributed by atoms with van der Waals surface area (Å²) in [5, 5.41) is 1.74. The van der Waals surface area contributed by atoms with Crippen molar-refractivity contribution >= 4 is 16.9 Å². The molecular formula is C25H28N4S. The fraction of sp³-hybridized carbons (Fsp3) is 0.360. The van der Waals surface area contributed by atoms with Gasteiger partial charge >= 0.3 is 0 Å². The van der Waals surface area contributed by atoms with Gasteiger partial charge in [0.05, 0.1) is 11.7 Å². The second kappa shape index (κ2) is 7.62. The second-order valence-electron chi connectivity index (χ2n) is 8.32. The Balaban J connectivity index is 1.59. The van der Waals surface area contributed by atoms with Crippen LogP contribution in [0.15, 0.2) is 59.7 Å². The van der Waals surface area contributed by atoms with E-state index in [9.17, 15) is 0 Å². The molecule has 3 aromatic rings. The Morgan fingerprint density at radius 1 is 1.10 bits per heavy atom. The zero-order valence-electron chi connectivity index (χ0n) is 18.0. The molecule has 4 heterocycles. The van der Waals surface area contributed by atoms with Crippen molar-refractivity contribution in [3.8, 4) is 5.69 Å². The minimum absolute atomic E-state index is 0.0395. The minimum atomic E-state index is 0.0395. The lowest BCUT2D eigenvalue weighted by atomic mass is 9.96. The molecule has 2 aliphatic heterocycles. The van der Waals surface area contributed by atoms with Crippen LogP contribution in [0.25, 0.3) is 5.69 Å². The van der Waals surface area contributed by atoms with E-state index in [0.29, 0.717) is 5.25 Å². The number of aryl methyl sites for hydroxylation is 2. The van der Waals surface area contributed by atoms with E-state index in [4.69, 9.17) is 4.99 Å². The molecular weight excluding hydrogens is 388 g/mol. The van der Waals surface area contributed by atoms with Crippen LogP contribution >= 0.6 is 11.8 Å². The van der Waals surface area contributed by atoms with Crippen LogP contribution in [0, 0.1) is 13.8 Å². The highest BCUT2D eigenvalue weighted by Gasteiger charge is 2.44. The molecule has 0 amide bonds. The number of fused-ring (bicyclic) bond motifs is 1. The van der Waals surface area contributed by atoms with Gasteiger partial charge in [0.1, 0.15) is 6.04 Å². The van der Waals surface area contributed by atoms with Crippen molar-refractivity contribution in [1.29, 1.82) is 0 Å². The zero-order valence-corrected chi connectivity index (χ0v) is 18.9. The predicted octanol–water partition coefficient (Wildman–Crippen LogP) is 5.64. The molecule has 4 nitrogen and oxygen atoms in total. The number of pyridine rings is 1. The van der Waals surface area contributed by atoms with Crippen molar-refractivity contribution in [2.45, 2.75) is 51.4 Å². The number of thioether (sulfide) groups is 1. The summed E-state index contributed by atoms with van der Waals surface area (Å²) in [6, 6.07) is 17.7. The second-order valence-corrected chi connectivity index (χ2v) is 9.72. The highest BCUT2D eigenvalue weighted by molar-refractivity contribution is 8.14. The van der Waals surface area contributed by atoms with Crippen molar-refractivity contribution in [1.82, 2.24) is 14.5 Å². The van der Waals surface area contributed by atoms with Gasteiger partial charge in [-0.3, -0.25) is 9.98 Å². The molecule has 2 aliphatic rings. The van der Waals surface area contributed by atoms with Gasteiger partial charge in [0.25, 0.3) is 0 Å². The van der Waals surface area contributed by atoms with Crippen molar-refractivity contribution in [3.63, 3.8) is 0 Å². The molecule has 1 fully saturated rings. The summed E-state index contributed by atoms with van der Waals surface area (Å²) in [5.74, 6) is 0. The van der Waals surface area contributed by atoms with E-state index in [0.717, 1.165) is 18.7 Å². The Kier molecular flexibility index (Phi) is 4.94. The SMILES string of the molecule is CCc1ccc(-n2c(C)cc([C@@H]3[C@@H](c4ccccn4)N=C4S[C@@H](C)CN43)c2C)cc1. The fourth-order valence-electron chi connectivity index (χ4n) is 4.82. The van der Waals surface area contributed by atoms with E-state index in [-0.39, 0.29) is 12.1 Å². The molecule has 1 aromatic carbocycles. The maximum absolute atomic E-state index is 5.14. The van der Waals surface area contributed by atoms with Gasteiger partial charge in [0.2, 0.25) is 0 Å². The third kappa shape index (κ3) is 3.16. The lowest BCUT2D eigenvalue weighted by molar-refractivity contribution is 0.320. The molecule has 0 radical (unpaired) electrons. The largest absolute Gasteiger partial charge is 0.341 e. The average Bonchev–Trinajstić information content (AvgIpc) is 3.38. The van der Waals surface area contributed by atoms with Crippen LogP contribution in [0.3, 0.4) is 0 Å². The van der Waals surface area contributed by atoms with Crippen molar-refractivity contribution in [2.75, 3.05) is 6.54 Å². The van der Waals surface area contributed by atoms with E-state index in [1.807, 2.05) is 24.0 Å². The summed E-state index contributed by atoms with van der Waals surface area (Å²) in [4.78, 5) is 12.3. The van der Waals surface area contributed by atoms with Crippen LogP contribution < -0.4 is 0 Å². The van der Waals surface area contributed by atoms with E-state index < -0.39 is 0 Å². The molecule has 154 valence electrons. The Morgan fingerprint density at radius 2 is 1.90 bits per heavy atom. The van der Waals surface area contributed by atoms with Crippen molar-refractivity contribution in [3.05, 3.63) is 82.9 Å². The zero-order chi connectivity index (χ0) is 20.8. The van der Waals surface area contributed by atoms with Gasteiger partial charge in [-0.05, 0) is 61.7 Å². The molecule has 5 rings (SSSR count). The van der Waals surface area contributed by atoms with Crippen LogP contribution in [0.1, 0.15) is 54.1 Å². The Bertz CT molecular complexity index is 1080. The third-order valence-corrected chi connectivity index (χ3v) is 7.38. The third-order valence-electron chi connectivity index (χ3n) is 6.27. The van der Waals surface area contributed by atoms with Gasteiger partial charge in [-0.15, -0.1) is 0 Å². The van der Waals surface area contributed by atoms with Gasteiger partial charge in [0.15, 0.2) is 5.17 Å². The lowest BCUT2D eigenvalue weighted by Crippen LogP contribution is -2.28. The minimum Gasteiger partial charge on any atom is -0.341 e. The molecule has 0 N–H and O–H groups in total. The number of rotatable bonds is 4. The van der Waals surface area contributed by atoms with Crippen molar-refractivity contribution < 1.29 is 0 Å². The van der Waals surface area contributed by atoms with Gasteiger partial charge in [0, 0.05) is 35.1 Å². The summed E-state index contributed by atoms with van der Waals surface area (Å²) in [6.45, 7) is 9.97. The molecule has 30 heavy (non-hydrogen) atoms. The first-order valence-corrected chi connectivity index (χ1v) is 11.6. The Morgan fingerprint density at radius 3 is 2.60 bits per heavy atom. The molecule has 1 saturated heterocycles. The van der Waals surface area contributed by atoms with Crippen LogP contribution in [0.4, 0.5) is 0 Å². The number of nitrogens with zero attached hydrogens (tertiary/aromatic N) is 4. The molecule has 0 saturated carbocycles.